The summed E-state index contributed by atoms with van der Waals surface area (Å²) in [6, 6.07) is 23.3. The number of para-hydroxylation sites is 3. The van der Waals surface area contributed by atoms with Crippen LogP contribution >= 0.6 is 0 Å². The highest BCUT2D eigenvalue weighted by atomic mass is 16.6. The van der Waals surface area contributed by atoms with Crippen LogP contribution in [0, 0.1) is 6.92 Å². The van der Waals surface area contributed by atoms with Gasteiger partial charge in [0, 0.05) is 18.3 Å². The lowest BCUT2D eigenvalue weighted by Crippen LogP contribution is -2.41. The predicted octanol–water partition coefficient (Wildman–Crippen LogP) is 4.25. The molecule has 1 unspecified atom stereocenters. The van der Waals surface area contributed by atoms with Gasteiger partial charge in [0.1, 0.15) is 12.4 Å². The Kier molecular flexibility index (Phi) is 4.82. The van der Waals surface area contributed by atoms with E-state index in [0.717, 1.165) is 28.3 Å². The van der Waals surface area contributed by atoms with Gasteiger partial charge in [-0.05, 0) is 49.4 Å². The first kappa shape index (κ1) is 19.2. The summed E-state index contributed by atoms with van der Waals surface area (Å²) in [4.78, 5) is 19.4. The number of ether oxygens (including phenoxy) is 2. The van der Waals surface area contributed by atoms with E-state index < -0.39 is 0 Å². The minimum absolute atomic E-state index is 0.0729. The fourth-order valence-corrected chi connectivity index (χ4v) is 4.00. The van der Waals surface area contributed by atoms with E-state index >= 15 is 0 Å². The molecule has 1 amide bonds. The monoisotopic (exact) mass is 413 g/mol. The minimum atomic E-state index is -0.216. The molecule has 1 aromatic heterocycles. The largest absolute Gasteiger partial charge is 0.486 e. The lowest BCUT2D eigenvalue weighted by molar-refractivity contribution is 0.0521. The maximum Gasteiger partial charge on any atom is 0.253 e. The van der Waals surface area contributed by atoms with Gasteiger partial charge in [0.2, 0.25) is 0 Å². The molecule has 2 heterocycles. The molecule has 0 saturated heterocycles. The number of imidazole rings is 1. The second-order valence-corrected chi connectivity index (χ2v) is 7.72. The molecule has 0 N–H and O–H groups in total. The van der Waals surface area contributed by atoms with Gasteiger partial charge in [0.05, 0.1) is 17.6 Å². The number of hydrogen-bond acceptors (Lipinski definition) is 4. The fourth-order valence-electron chi connectivity index (χ4n) is 4.00. The van der Waals surface area contributed by atoms with Gasteiger partial charge in [-0.25, -0.2) is 4.98 Å². The van der Waals surface area contributed by atoms with Gasteiger partial charge >= 0.3 is 0 Å². The molecule has 0 radical (unpaired) electrons. The van der Waals surface area contributed by atoms with Crippen molar-refractivity contribution in [3.05, 3.63) is 84.2 Å². The zero-order valence-corrected chi connectivity index (χ0v) is 17.5. The van der Waals surface area contributed by atoms with Crippen LogP contribution < -0.4 is 9.47 Å². The average molecular weight is 413 g/mol. The zero-order valence-electron chi connectivity index (χ0n) is 17.5. The van der Waals surface area contributed by atoms with Crippen molar-refractivity contribution in [1.82, 2.24) is 14.5 Å². The smallest absolute Gasteiger partial charge is 0.253 e. The van der Waals surface area contributed by atoms with Gasteiger partial charge < -0.3 is 14.4 Å². The van der Waals surface area contributed by atoms with Crippen molar-refractivity contribution < 1.29 is 14.3 Å². The average Bonchev–Trinajstić information content (AvgIpc) is 3.13. The van der Waals surface area contributed by atoms with Crippen molar-refractivity contribution in [2.24, 2.45) is 0 Å². The lowest BCUT2D eigenvalue weighted by atomic mass is 10.1. The van der Waals surface area contributed by atoms with Gasteiger partial charge in [-0.15, -0.1) is 0 Å². The summed E-state index contributed by atoms with van der Waals surface area (Å²) in [5.41, 5.74) is 3.42. The molecule has 6 nitrogen and oxygen atoms in total. The predicted molar refractivity (Wildman–Crippen MR) is 119 cm³/mol. The second-order valence-electron chi connectivity index (χ2n) is 7.72. The van der Waals surface area contributed by atoms with Crippen molar-refractivity contribution >= 4 is 16.9 Å². The molecule has 1 aliphatic rings. The van der Waals surface area contributed by atoms with Gasteiger partial charge in [0.15, 0.2) is 17.6 Å². The Morgan fingerprint density at radius 1 is 1.06 bits per heavy atom. The first-order valence-electron chi connectivity index (χ1n) is 10.3. The second kappa shape index (κ2) is 7.80. The summed E-state index contributed by atoms with van der Waals surface area (Å²) in [6.07, 6.45) is -0.216. The van der Waals surface area contributed by atoms with E-state index in [1.54, 1.807) is 11.9 Å². The number of amides is 1. The Labute approximate surface area is 180 Å². The zero-order chi connectivity index (χ0) is 21.4. The lowest BCUT2D eigenvalue weighted by Gasteiger charge is -2.29. The molecule has 31 heavy (non-hydrogen) atoms. The van der Waals surface area contributed by atoms with Gasteiger partial charge in [-0.2, -0.15) is 0 Å². The minimum Gasteiger partial charge on any atom is -0.486 e. The molecule has 3 aromatic carbocycles. The molecule has 0 fully saturated rings. The number of carbonyl (C=O) groups is 1. The quantitative estimate of drug-likeness (QED) is 0.502. The number of aromatic nitrogens is 2. The summed E-state index contributed by atoms with van der Waals surface area (Å²) in [6.45, 7) is 2.82. The molecular formula is C25H23N3O3. The third-order valence-electron chi connectivity index (χ3n) is 5.48. The highest BCUT2D eigenvalue weighted by molar-refractivity contribution is 5.97. The molecule has 6 heteroatoms. The number of rotatable bonds is 4. The van der Waals surface area contributed by atoms with E-state index in [2.05, 4.69) is 9.55 Å². The number of fused-ring (bicyclic) bond motifs is 2. The van der Waals surface area contributed by atoms with E-state index in [1.165, 1.54) is 0 Å². The van der Waals surface area contributed by atoms with Crippen molar-refractivity contribution in [1.29, 1.82) is 0 Å². The third-order valence-corrected chi connectivity index (χ3v) is 5.48. The molecule has 1 atom stereocenters. The van der Waals surface area contributed by atoms with Crippen LogP contribution in [0.1, 0.15) is 16.2 Å². The molecule has 1 aliphatic heterocycles. The van der Waals surface area contributed by atoms with Crippen LogP contribution in [-0.4, -0.2) is 46.7 Å². The Bertz CT molecular complexity index is 1250. The van der Waals surface area contributed by atoms with Crippen molar-refractivity contribution in [3.8, 4) is 17.2 Å². The number of nitrogens with zero attached hydrogens (tertiary/aromatic N) is 3. The van der Waals surface area contributed by atoms with Crippen LogP contribution in [-0.2, 0) is 0 Å². The molecule has 4 aromatic rings. The first-order chi connectivity index (χ1) is 15.1. The number of benzene rings is 3. The van der Waals surface area contributed by atoms with Gasteiger partial charge in [-0.3, -0.25) is 9.36 Å². The van der Waals surface area contributed by atoms with Crippen LogP contribution in [0.3, 0.4) is 0 Å². The molecule has 156 valence electrons. The molecule has 0 saturated carbocycles. The Morgan fingerprint density at radius 3 is 2.61 bits per heavy atom. The van der Waals surface area contributed by atoms with Crippen LogP contribution in [0.5, 0.6) is 11.5 Å². The topological polar surface area (TPSA) is 56.6 Å². The normalized spacial score (nSPS) is 15.1. The van der Waals surface area contributed by atoms with Crippen molar-refractivity contribution in [3.63, 3.8) is 0 Å². The Balaban J connectivity index is 1.35. The Hall–Kier alpha value is -3.80. The Morgan fingerprint density at radius 2 is 1.81 bits per heavy atom. The summed E-state index contributed by atoms with van der Waals surface area (Å²) >= 11 is 0. The fraction of sp³-hybridized carbons (Fsp3) is 0.200. The number of hydrogen-bond donors (Lipinski definition) is 0. The van der Waals surface area contributed by atoms with Crippen LogP contribution in [0.4, 0.5) is 0 Å². The highest BCUT2D eigenvalue weighted by Gasteiger charge is 2.24. The SMILES string of the molecule is Cc1nc2cc(C(=O)N(C)CC3COc4ccccc4O3)ccc2n1-c1ccccc1. The molecule has 0 aliphatic carbocycles. The summed E-state index contributed by atoms with van der Waals surface area (Å²) in [5, 5.41) is 0. The summed E-state index contributed by atoms with van der Waals surface area (Å²) < 4.78 is 13.8. The summed E-state index contributed by atoms with van der Waals surface area (Å²) in [7, 11) is 1.78. The number of aryl methyl sites for hydroxylation is 1. The number of likely N-dealkylation sites (N-methyl/N-ethyl adjacent to an activating group) is 1. The van der Waals surface area contributed by atoms with E-state index in [4.69, 9.17) is 9.47 Å². The maximum atomic E-state index is 13.1. The molecule has 5 rings (SSSR count). The van der Waals surface area contributed by atoms with E-state index in [9.17, 15) is 4.79 Å². The molecular weight excluding hydrogens is 390 g/mol. The summed E-state index contributed by atoms with van der Waals surface area (Å²) in [5.74, 6) is 2.26. The van der Waals surface area contributed by atoms with Crippen LogP contribution in [0.15, 0.2) is 72.8 Å². The third kappa shape index (κ3) is 3.61. The van der Waals surface area contributed by atoms with Crippen molar-refractivity contribution in [2.45, 2.75) is 13.0 Å². The molecule has 0 bridgehead atoms. The standard InChI is InChI=1S/C25H23N3O3/c1-17-26-21-14-18(12-13-22(21)28(17)19-8-4-3-5-9-19)25(29)27(2)15-20-16-30-23-10-6-7-11-24(23)31-20/h3-14,20H,15-16H2,1-2H3. The van der Waals surface area contributed by atoms with E-state index in [1.807, 2.05) is 79.7 Å². The maximum absolute atomic E-state index is 13.1. The van der Waals surface area contributed by atoms with Crippen LogP contribution in [0.2, 0.25) is 0 Å². The van der Waals surface area contributed by atoms with Gasteiger partial charge in [-0.1, -0.05) is 30.3 Å². The van der Waals surface area contributed by atoms with E-state index in [-0.39, 0.29) is 12.0 Å². The highest BCUT2D eigenvalue weighted by Crippen LogP contribution is 2.31. The number of carbonyl (C=O) groups excluding carboxylic acids is 1. The van der Waals surface area contributed by atoms with E-state index in [0.29, 0.717) is 24.5 Å². The van der Waals surface area contributed by atoms with Crippen LogP contribution in [0.25, 0.3) is 16.7 Å². The van der Waals surface area contributed by atoms with Gasteiger partial charge in [0.25, 0.3) is 5.91 Å². The molecule has 0 spiro atoms. The first-order valence-corrected chi connectivity index (χ1v) is 10.3. The van der Waals surface area contributed by atoms with Crippen molar-refractivity contribution in [2.75, 3.05) is 20.2 Å².